The zero-order valence-corrected chi connectivity index (χ0v) is 42.0. The molecule has 0 fully saturated rings. The van der Waals surface area contributed by atoms with E-state index in [-0.39, 0.29) is 39.0 Å². The molecular formula is C51H93N2O11P. The number of carbonyl (C=O) groups is 5. The van der Waals surface area contributed by atoms with Crippen molar-refractivity contribution >= 4 is 37.5 Å². The molecule has 0 saturated heterocycles. The van der Waals surface area contributed by atoms with Gasteiger partial charge < -0.3 is 19.7 Å². The molecule has 2 atom stereocenters. The Bertz CT molecular complexity index is 1290. The predicted molar refractivity (Wildman–Crippen MR) is 259 cm³/mol. The van der Waals surface area contributed by atoms with Crippen molar-refractivity contribution in [1.29, 1.82) is 0 Å². The number of nitrogens with one attached hydrogen (secondary N) is 1. The molecule has 2 N–H and O–H groups in total. The number of rotatable bonds is 48. The number of phosphoric acid groups is 1. The molecule has 65 heavy (non-hydrogen) atoms. The Morgan fingerprint density at radius 2 is 0.908 bits per heavy atom. The highest BCUT2D eigenvalue weighted by atomic mass is 31.2. The van der Waals surface area contributed by atoms with Gasteiger partial charge in [-0.25, -0.2) is 9.46 Å². The third kappa shape index (κ3) is 37.3. The van der Waals surface area contributed by atoms with E-state index in [1.807, 2.05) is 0 Å². The van der Waals surface area contributed by atoms with Gasteiger partial charge in [-0.15, -0.1) is 0 Å². The maximum absolute atomic E-state index is 12.8. The molecule has 0 bridgehead atoms. The first kappa shape index (κ1) is 60.6. The summed E-state index contributed by atoms with van der Waals surface area (Å²) < 4.78 is 34.0. The third-order valence-corrected chi connectivity index (χ3v) is 12.9. The first-order valence-corrected chi connectivity index (χ1v) is 27.9. The number of nitrogens with zero attached hydrogens (tertiary/aromatic N) is 1. The normalized spacial score (nSPS) is 14.0. The van der Waals surface area contributed by atoms with Crippen LogP contribution in [0.3, 0.4) is 0 Å². The van der Waals surface area contributed by atoms with E-state index >= 15 is 0 Å². The van der Waals surface area contributed by atoms with E-state index in [0.29, 0.717) is 43.5 Å². The van der Waals surface area contributed by atoms with E-state index in [1.165, 1.54) is 141 Å². The highest BCUT2D eigenvalue weighted by Gasteiger charge is 2.29. The summed E-state index contributed by atoms with van der Waals surface area (Å²) in [5.74, 6) is -2.62. The van der Waals surface area contributed by atoms with Crippen LogP contribution in [0.4, 0.5) is 0 Å². The zero-order valence-electron chi connectivity index (χ0n) is 41.1. The second-order valence-corrected chi connectivity index (χ2v) is 19.5. The molecule has 0 aromatic carbocycles. The van der Waals surface area contributed by atoms with E-state index in [1.54, 1.807) is 0 Å². The molecule has 13 nitrogen and oxygen atoms in total. The molecule has 0 aromatic rings. The number of amides is 3. The highest BCUT2D eigenvalue weighted by Crippen LogP contribution is 2.43. The van der Waals surface area contributed by atoms with Crippen LogP contribution in [0.5, 0.6) is 0 Å². The fraction of sp³-hybridized carbons (Fsp3) is 0.863. The standard InChI is InChI=1S/C51H93N2O11P/c1-3-5-7-9-11-13-15-17-19-21-23-25-27-29-33-37-50(57)61-44-46(64-51(58)38-34-30-28-26-24-22-20-18-16-14-12-10-8-6-4-2)45-63-65(59,60)62-43-42-52-41-35-31-32-36-47(54)53-48(55)39-40-49(53)56/h39-40,46,52H,3-38,41-45H2,1-2H3,(H,59,60). The maximum atomic E-state index is 12.8. The largest absolute Gasteiger partial charge is 0.472 e. The van der Waals surface area contributed by atoms with E-state index < -0.39 is 50.2 Å². The molecule has 0 saturated carbocycles. The fourth-order valence-corrected chi connectivity index (χ4v) is 8.69. The van der Waals surface area contributed by atoms with Crippen molar-refractivity contribution in [2.45, 2.75) is 251 Å². The minimum atomic E-state index is -4.51. The lowest BCUT2D eigenvalue weighted by atomic mass is 10.0. The van der Waals surface area contributed by atoms with Gasteiger partial charge in [-0.1, -0.05) is 200 Å². The summed E-state index contributed by atoms with van der Waals surface area (Å²) in [6.45, 7) is 4.43. The molecule has 0 aliphatic carbocycles. The lowest BCUT2D eigenvalue weighted by Gasteiger charge is -2.20. The van der Waals surface area contributed by atoms with Crippen molar-refractivity contribution in [3.8, 4) is 0 Å². The van der Waals surface area contributed by atoms with Crippen molar-refractivity contribution in [1.82, 2.24) is 10.2 Å². The zero-order chi connectivity index (χ0) is 47.5. The lowest BCUT2D eigenvalue weighted by molar-refractivity contribution is -0.161. The molecule has 0 spiro atoms. The Balaban J connectivity index is 2.33. The average molecular weight is 941 g/mol. The van der Waals surface area contributed by atoms with E-state index in [9.17, 15) is 33.4 Å². The van der Waals surface area contributed by atoms with Crippen LogP contribution in [-0.4, -0.2) is 78.5 Å². The number of ether oxygens (including phenoxy) is 2. The Hall–Kier alpha value is -2.44. The molecule has 3 amide bonds. The Morgan fingerprint density at radius 1 is 0.523 bits per heavy atom. The quantitative estimate of drug-likeness (QED) is 0.0256. The number of esters is 2. The minimum Gasteiger partial charge on any atom is -0.462 e. The summed E-state index contributed by atoms with van der Waals surface area (Å²) >= 11 is 0. The van der Waals surface area contributed by atoms with Crippen LogP contribution in [0.25, 0.3) is 0 Å². The SMILES string of the molecule is CCCCCCCCCCCCCCCCCC(=O)OCC(COP(=O)(O)OCCNCCCCCC(=O)N1C(=O)C=CC1=O)OC(=O)CCCCCCCCCCCCCCCCC. The molecule has 1 aliphatic rings. The van der Waals surface area contributed by atoms with Crippen molar-refractivity contribution in [2.75, 3.05) is 32.9 Å². The summed E-state index contributed by atoms with van der Waals surface area (Å²) in [5.41, 5.74) is 0. The number of unbranched alkanes of at least 4 members (excludes halogenated alkanes) is 30. The average Bonchev–Trinajstić information content (AvgIpc) is 3.63. The molecule has 0 radical (unpaired) electrons. The second kappa shape index (κ2) is 42.9. The number of phosphoric ester groups is 1. The fourth-order valence-electron chi connectivity index (χ4n) is 7.93. The highest BCUT2D eigenvalue weighted by molar-refractivity contribution is 7.47. The van der Waals surface area contributed by atoms with Gasteiger partial charge in [0.2, 0.25) is 5.91 Å². The smallest absolute Gasteiger partial charge is 0.462 e. The van der Waals surface area contributed by atoms with Crippen LogP contribution in [0.1, 0.15) is 245 Å². The number of hydrogen-bond acceptors (Lipinski definition) is 11. The lowest BCUT2D eigenvalue weighted by Crippen LogP contribution is -2.36. The Labute approximate surface area is 394 Å². The molecule has 1 aliphatic heterocycles. The van der Waals surface area contributed by atoms with Gasteiger partial charge in [0.1, 0.15) is 6.61 Å². The summed E-state index contributed by atoms with van der Waals surface area (Å²) in [4.78, 5) is 71.8. The van der Waals surface area contributed by atoms with Crippen LogP contribution in [0.2, 0.25) is 0 Å². The molecule has 1 rings (SSSR count). The van der Waals surface area contributed by atoms with Crippen LogP contribution in [-0.2, 0) is 47.1 Å². The second-order valence-electron chi connectivity index (χ2n) is 18.1. The molecule has 378 valence electrons. The summed E-state index contributed by atoms with van der Waals surface area (Å²) in [6.07, 6.45) is 40.3. The van der Waals surface area contributed by atoms with Crippen LogP contribution < -0.4 is 5.32 Å². The van der Waals surface area contributed by atoms with Crippen molar-refractivity contribution in [2.24, 2.45) is 0 Å². The van der Waals surface area contributed by atoms with Crippen molar-refractivity contribution in [3.63, 3.8) is 0 Å². The monoisotopic (exact) mass is 941 g/mol. The number of hydrogen-bond donors (Lipinski definition) is 2. The molecule has 1 heterocycles. The molecule has 14 heteroatoms. The van der Waals surface area contributed by atoms with Gasteiger partial charge >= 0.3 is 19.8 Å². The van der Waals surface area contributed by atoms with Crippen LogP contribution in [0.15, 0.2) is 12.2 Å². The van der Waals surface area contributed by atoms with Crippen molar-refractivity contribution in [3.05, 3.63) is 12.2 Å². The van der Waals surface area contributed by atoms with Gasteiger partial charge in [0, 0.05) is 38.0 Å². The molecule has 2 unspecified atom stereocenters. The molecular weight excluding hydrogens is 848 g/mol. The number of carbonyl (C=O) groups excluding carboxylic acids is 5. The predicted octanol–water partition coefficient (Wildman–Crippen LogP) is 12.7. The topological polar surface area (TPSA) is 175 Å². The maximum Gasteiger partial charge on any atom is 0.472 e. The molecule has 0 aromatic heterocycles. The van der Waals surface area contributed by atoms with E-state index in [0.717, 1.165) is 50.7 Å². The number of imide groups is 3. The van der Waals surface area contributed by atoms with Gasteiger partial charge in [-0.3, -0.25) is 33.0 Å². The van der Waals surface area contributed by atoms with Crippen LogP contribution in [0, 0.1) is 0 Å². The summed E-state index contributed by atoms with van der Waals surface area (Å²) in [6, 6.07) is 0. The summed E-state index contributed by atoms with van der Waals surface area (Å²) in [7, 11) is -4.51. The van der Waals surface area contributed by atoms with E-state index in [4.69, 9.17) is 18.5 Å². The third-order valence-electron chi connectivity index (χ3n) is 12.0. The first-order valence-electron chi connectivity index (χ1n) is 26.4. The first-order chi connectivity index (χ1) is 31.6. The Kier molecular flexibility index (Phi) is 40.0. The van der Waals surface area contributed by atoms with Crippen molar-refractivity contribution < 1.29 is 52.0 Å². The van der Waals surface area contributed by atoms with E-state index in [2.05, 4.69) is 19.2 Å². The van der Waals surface area contributed by atoms with Gasteiger partial charge in [0.25, 0.3) is 11.8 Å². The van der Waals surface area contributed by atoms with Gasteiger partial charge in [-0.2, -0.15) is 0 Å². The van der Waals surface area contributed by atoms with Gasteiger partial charge in [0.05, 0.1) is 13.2 Å². The van der Waals surface area contributed by atoms with Gasteiger partial charge in [-0.05, 0) is 32.2 Å². The van der Waals surface area contributed by atoms with Crippen LogP contribution >= 0.6 is 7.82 Å². The van der Waals surface area contributed by atoms with Gasteiger partial charge in [0.15, 0.2) is 6.10 Å². The Morgan fingerprint density at radius 3 is 1.35 bits per heavy atom. The summed E-state index contributed by atoms with van der Waals surface area (Å²) in [5, 5.41) is 3.09. The minimum absolute atomic E-state index is 0.0852.